The molecule has 0 radical (unpaired) electrons. The highest BCUT2D eigenvalue weighted by molar-refractivity contribution is 7.98. The summed E-state index contributed by atoms with van der Waals surface area (Å²) in [4.78, 5) is 24.8. The molecule has 0 aliphatic carbocycles. The SMILES string of the molecule is CSCCC(NC(=O)c1ccccc1Cl)C(=O)NC1CCNC1.Cl. The first-order valence-electron chi connectivity index (χ1n) is 7.67. The number of benzene rings is 1. The van der Waals surface area contributed by atoms with E-state index >= 15 is 0 Å². The van der Waals surface area contributed by atoms with Crippen LogP contribution < -0.4 is 16.0 Å². The van der Waals surface area contributed by atoms with E-state index in [0.29, 0.717) is 17.0 Å². The third-order valence-electron chi connectivity index (χ3n) is 3.76. The lowest BCUT2D eigenvalue weighted by Gasteiger charge is -2.21. The zero-order valence-corrected chi connectivity index (χ0v) is 15.9. The van der Waals surface area contributed by atoms with Gasteiger partial charge < -0.3 is 16.0 Å². The van der Waals surface area contributed by atoms with Crippen molar-refractivity contribution in [3.8, 4) is 0 Å². The lowest BCUT2D eigenvalue weighted by atomic mass is 10.1. The second-order valence-corrected chi connectivity index (χ2v) is 6.88. The van der Waals surface area contributed by atoms with Crippen LogP contribution >= 0.6 is 35.8 Å². The molecule has 1 aromatic carbocycles. The molecular formula is C16H23Cl2N3O2S. The Morgan fingerprint density at radius 1 is 1.42 bits per heavy atom. The lowest BCUT2D eigenvalue weighted by molar-refractivity contribution is -0.123. The molecule has 2 rings (SSSR count). The van der Waals surface area contributed by atoms with Crippen LogP contribution in [-0.2, 0) is 4.79 Å². The molecule has 1 fully saturated rings. The minimum Gasteiger partial charge on any atom is -0.350 e. The van der Waals surface area contributed by atoms with Crippen molar-refractivity contribution in [2.45, 2.75) is 24.9 Å². The molecule has 1 aromatic rings. The van der Waals surface area contributed by atoms with Gasteiger partial charge in [0.2, 0.25) is 5.91 Å². The van der Waals surface area contributed by atoms with Gasteiger partial charge >= 0.3 is 0 Å². The highest BCUT2D eigenvalue weighted by Crippen LogP contribution is 2.15. The summed E-state index contributed by atoms with van der Waals surface area (Å²) in [6, 6.07) is 6.43. The highest BCUT2D eigenvalue weighted by Gasteiger charge is 2.25. The number of carbonyl (C=O) groups excluding carboxylic acids is 2. The number of amides is 2. The zero-order chi connectivity index (χ0) is 16.7. The number of rotatable bonds is 7. The first-order chi connectivity index (χ1) is 11.1. The molecule has 24 heavy (non-hydrogen) atoms. The quantitative estimate of drug-likeness (QED) is 0.665. The summed E-state index contributed by atoms with van der Waals surface area (Å²) in [6.07, 6.45) is 3.48. The molecule has 134 valence electrons. The maximum atomic E-state index is 12.5. The minimum atomic E-state index is -0.549. The van der Waals surface area contributed by atoms with Gasteiger partial charge in [-0.25, -0.2) is 0 Å². The van der Waals surface area contributed by atoms with Crippen LogP contribution in [0.2, 0.25) is 5.02 Å². The molecule has 8 heteroatoms. The number of nitrogens with one attached hydrogen (secondary N) is 3. The number of hydrogen-bond acceptors (Lipinski definition) is 4. The van der Waals surface area contributed by atoms with Crippen LogP contribution in [0.25, 0.3) is 0 Å². The molecule has 0 saturated carbocycles. The standard InChI is InChI=1S/C16H22ClN3O2S.ClH/c1-23-9-7-14(16(22)19-11-6-8-18-10-11)20-15(21)12-4-2-3-5-13(12)17;/h2-5,11,14,18H,6-10H2,1H3,(H,19,22)(H,20,21);1H. The maximum absolute atomic E-state index is 12.5. The maximum Gasteiger partial charge on any atom is 0.253 e. The number of thioether (sulfide) groups is 1. The van der Waals surface area contributed by atoms with Crippen LogP contribution in [0.5, 0.6) is 0 Å². The van der Waals surface area contributed by atoms with Crippen molar-refractivity contribution in [1.29, 1.82) is 0 Å². The van der Waals surface area contributed by atoms with Crippen LogP contribution in [0.15, 0.2) is 24.3 Å². The number of hydrogen-bond donors (Lipinski definition) is 3. The smallest absolute Gasteiger partial charge is 0.253 e. The number of carbonyl (C=O) groups is 2. The first kappa shape index (κ1) is 21.1. The average molecular weight is 392 g/mol. The van der Waals surface area contributed by atoms with Crippen molar-refractivity contribution in [3.05, 3.63) is 34.9 Å². The van der Waals surface area contributed by atoms with Crippen molar-refractivity contribution in [3.63, 3.8) is 0 Å². The molecule has 1 saturated heterocycles. The summed E-state index contributed by atoms with van der Waals surface area (Å²) in [5.74, 6) is 0.346. The molecule has 2 unspecified atom stereocenters. The Labute approximate surface area is 158 Å². The lowest BCUT2D eigenvalue weighted by Crippen LogP contribution is -2.50. The Morgan fingerprint density at radius 2 is 2.17 bits per heavy atom. The van der Waals surface area contributed by atoms with Gasteiger partial charge in [0.1, 0.15) is 6.04 Å². The van der Waals surface area contributed by atoms with Gasteiger partial charge in [-0.2, -0.15) is 11.8 Å². The van der Waals surface area contributed by atoms with E-state index < -0.39 is 6.04 Å². The third kappa shape index (κ3) is 6.16. The van der Waals surface area contributed by atoms with E-state index in [1.165, 1.54) is 0 Å². The Kier molecular flexibility index (Phi) is 9.51. The van der Waals surface area contributed by atoms with E-state index in [-0.39, 0.29) is 30.3 Å². The van der Waals surface area contributed by atoms with Gasteiger partial charge in [0.15, 0.2) is 0 Å². The van der Waals surface area contributed by atoms with E-state index in [1.807, 2.05) is 6.26 Å². The molecule has 0 aromatic heterocycles. The predicted octanol–water partition coefficient (Wildman–Crippen LogP) is 2.09. The molecule has 1 aliphatic heterocycles. The fourth-order valence-electron chi connectivity index (χ4n) is 2.47. The summed E-state index contributed by atoms with van der Waals surface area (Å²) in [6.45, 7) is 1.69. The average Bonchev–Trinajstić information content (AvgIpc) is 3.04. The molecule has 2 amide bonds. The zero-order valence-electron chi connectivity index (χ0n) is 13.5. The van der Waals surface area contributed by atoms with Gasteiger partial charge in [-0.3, -0.25) is 9.59 Å². The Morgan fingerprint density at radius 3 is 2.79 bits per heavy atom. The van der Waals surface area contributed by atoms with E-state index in [2.05, 4.69) is 16.0 Å². The van der Waals surface area contributed by atoms with Gasteiger partial charge in [0, 0.05) is 12.6 Å². The van der Waals surface area contributed by atoms with Gasteiger partial charge in [-0.1, -0.05) is 23.7 Å². The monoisotopic (exact) mass is 391 g/mol. The fourth-order valence-corrected chi connectivity index (χ4v) is 3.16. The van der Waals surface area contributed by atoms with E-state index in [0.717, 1.165) is 25.3 Å². The Balaban J connectivity index is 0.00000288. The molecule has 1 aliphatic rings. The van der Waals surface area contributed by atoms with Crippen LogP contribution in [0, 0.1) is 0 Å². The third-order valence-corrected chi connectivity index (χ3v) is 4.73. The normalized spacial score (nSPS) is 17.7. The summed E-state index contributed by atoms with van der Waals surface area (Å²) < 4.78 is 0. The largest absolute Gasteiger partial charge is 0.350 e. The van der Waals surface area contributed by atoms with Crippen LogP contribution in [0.3, 0.4) is 0 Å². The van der Waals surface area contributed by atoms with Crippen LogP contribution in [-0.4, -0.2) is 49.0 Å². The topological polar surface area (TPSA) is 70.2 Å². The van der Waals surface area contributed by atoms with E-state index in [1.54, 1.807) is 36.0 Å². The number of halogens is 2. The van der Waals surface area contributed by atoms with Crippen LogP contribution in [0.1, 0.15) is 23.2 Å². The van der Waals surface area contributed by atoms with Gasteiger partial charge in [-0.05, 0) is 43.5 Å². The molecule has 0 spiro atoms. The second-order valence-electron chi connectivity index (χ2n) is 5.49. The molecule has 2 atom stereocenters. The fraction of sp³-hybridized carbons (Fsp3) is 0.500. The molecule has 5 nitrogen and oxygen atoms in total. The van der Waals surface area contributed by atoms with Crippen molar-refractivity contribution in [1.82, 2.24) is 16.0 Å². The van der Waals surface area contributed by atoms with Crippen LogP contribution in [0.4, 0.5) is 0 Å². The van der Waals surface area contributed by atoms with E-state index in [9.17, 15) is 9.59 Å². The summed E-state index contributed by atoms with van der Waals surface area (Å²) >= 11 is 7.70. The Hall–Kier alpha value is -0.950. The first-order valence-corrected chi connectivity index (χ1v) is 9.44. The molecule has 0 bridgehead atoms. The van der Waals surface area contributed by atoms with Crippen molar-refractivity contribution < 1.29 is 9.59 Å². The molecular weight excluding hydrogens is 369 g/mol. The van der Waals surface area contributed by atoms with Gasteiger partial charge in [0.25, 0.3) is 5.91 Å². The van der Waals surface area contributed by atoms with Gasteiger partial charge in [0.05, 0.1) is 10.6 Å². The summed E-state index contributed by atoms with van der Waals surface area (Å²) in [7, 11) is 0. The molecule has 1 heterocycles. The van der Waals surface area contributed by atoms with Crippen molar-refractivity contribution >= 4 is 47.6 Å². The van der Waals surface area contributed by atoms with E-state index in [4.69, 9.17) is 11.6 Å². The highest BCUT2D eigenvalue weighted by atomic mass is 35.5. The van der Waals surface area contributed by atoms with Gasteiger partial charge in [-0.15, -0.1) is 12.4 Å². The predicted molar refractivity (Wildman–Crippen MR) is 102 cm³/mol. The minimum absolute atomic E-state index is 0. The van der Waals surface area contributed by atoms with Crippen molar-refractivity contribution in [2.24, 2.45) is 0 Å². The van der Waals surface area contributed by atoms with Crippen molar-refractivity contribution in [2.75, 3.05) is 25.1 Å². The Bertz CT molecular complexity index is 554. The second kappa shape index (κ2) is 10.8. The molecule has 3 N–H and O–H groups in total. The summed E-state index contributed by atoms with van der Waals surface area (Å²) in [5, 5.41) is 9.41. The summed E-state index contributed by atoms with van der Waals surface area (Å²) in [5.41, 5.74) is 0.388.